The minimum atomic E-state index is 0.286. The molecule has 5 rings (SSSR count). The molecule has 0 amide bonds. The van der Waals surface area contributed by atoms with Crippen molar-refractivity contribution >= 4 is 5.82 Å². The molecule has 1 spiro atoms. The Morgan fingerprint density at radius 2 is 1.66 bits per heavy atom. The maximum Gasteiger partial charge on any atom is 0.129 e. The van der Waals surface area contributed by atoms with Crippen LogP contribution >= 0.6 is 0 Å². The van der Waals surface area contributed by atoms with E-state index in [9.17, 15) is 0 Å². The van der Waals surface area contributed by atoms with Crippen LogP contribution in [0.3, 0.4) is 0 Å². The van der Waals surface area contributed by atoms with Gasteiger partial charge in [-0.2, -0.15) is 0 Å². The molecule has 1 saturated heterocycles. The summed E-state index contributed by atoms with van der Waals surface area (Å²) < 4.78 is 0. The maximum atomic E-state index is 8.95. The number of piperazine rings is 1. The average Bonchev–Trinajstić information content (AvgIpc) is 3.61. The van der Waals surface area contributed by atoms with E-state index in [1.165, 1.54) is 37.7 Å². The average molecular weight is 434 g/mol. The van der Waals surface area contributed by atoms with E-state index < -0.39 is 0 Å². The molecule has 4 nitrogen and oxygen atoms in total. The molecule has 2 aromatic rings. The smallest absolute Gasteiger partial charge is 0.129 e. The third-order valence-corrected chi connectivity index (χ3v) is 8.26. The van der Waals surface area contributed by atoms with Gasteiger partial charge in [0.25, 0.3) is 0 Å². The van der Waals surface area contributed by atoms with Crippen LogP contribution in [-0.2, 0) is 10.8 Å². The normalized spacial score (nSPS) is 21.5. The maximum absolute atomic E-state index is 8.95. The van der Waals surface area contributed by atoms with Gasteiger partial charge in [0.15, 0.2) is 0 Å². The zero-order valence-corrected chi connectivity index (χ0v) is 19.9. The Hall–Kier alpha value is -1.91. The Morgan fingerprint density at radius 3 is 2.41 bits per heavy atom. The Bertz CT molecular complexity index is 941. The molecule has 1 aromatic carbocycles. The van der Waals surface area contributed by atoms with Gasteiger partial charge in [-0.1, -0.05) is 32.0 Å². The molecule has 0 unspecified atom stereocenters. The number of benzene rings is 1. The number of unbranched alkanes of at least 4 members (excludes halogenated alkanes) is 2. The van der Waals surface area contributed by atoms with Crippen LogP contribution in [0.1, 0.15) is 69.9 Å². The van der Waals surface area contributed by atoms with Crippen LogP contribution in [0.2, 0.25) is 0 Å². The number of anilines is 1. The highest BCUT2D eigenvalue weighted by Gasteiger charge is 2.50. The van der Waals surface area contributed by atoms with Crippen LogP contribution in [0.4, 0.5) is 5.82 Å². The highest BCUT2D eigenvalue weighted by Crippen LogP contribution is 2.59. The van der Waals surface area contributed by atoms with Crippen molar-refractivity contribution in [2.75, 3.05) is 44.2 Å². The Balaban J connectivity index is 1.29. The summed E-state index contributed by atoms with van der Waals surface area (Å²) in [6, 6.07) is 13.7. The third-order valence-electron chi connectivity index (χ3n) is 8.26. The van der Waals surface area contributed by atoms with E-state index in [4.69, 9.17) is 10.1 Å². The van der Waals surface area contributed by atoms with Crippen LogP contribution in [0.25, 0.3) is 11.3 Å². The Labute approximate surface area is 193 Å². The van der Waals surface area contributed by atoms with Crippen LogP contribution in [-0.4, -0.2) is 54.3 Å². The van der Waals surface area contributed by atoms with E-state index in [1.54, 1.807) is 11.1 Å². The number of nitrogens with zero attached hydrogens (tertiary/aromatic N) is 3. The van der Waals surface area contributed by atoms with Crippen molar-refractivity contribution in [2.24, 2.45) is 0 Å². The SMILES string of the molecule is CC1(C)CCC2(CC2)c2cc(-c3cccc(N4CCN(CCCCCO)CC4)n3)ccc21. The summed E-state index contributed by atoms with van der Waals surface area (Å²) in [5.41, 5.74) is 6.30. The molecule has 2 fully saturated rings. The number of rotatable bonds is 7. The number of pyridine rings is 1. The molecule has 1 aromatic heterocycles. The number of hydrogen-bond donors (Lipinski definition) is 1. The summed E-state index contributed by atoms with van der Waals surface area (Å²) in [4.78, 5) is 10.1. The highest BCUT2D eigenvalue weighted by molar-refractivity contribution is 5.65. The summed E-state index contributed by atoms with van der Waals surface area (Å²) in [6.45, 7) is 10.6. The van der Waals surface area contributed by atoms with E-state index in [1.807, 2.05) is 0 Å². The molecule has 3 aliphatic rings. The van der Waals surface area contributed by atoms with Crippen molar-refractivity contribution in [1.82, 2.24) is 9.88 Å². The lowest BCUT2D eigenvalue weighted by Crippen LogP contribution is -2.46. The number of fused-ring (bicyclic) bond motifs is 2. The summed E-state index contributed by atoms with van der Waals surface area (Å²) >= 11 is 0. The topological polar surface area (TPSA) is 39.6 Å². The molecule has 172 valence electrons. The van der Waals surface area contributed by atoms with E-state index in [-0.39, 0.29) is 5.41 Å². The largest absolute Gasteiger partial charge is 0.396 e. The van der Waals surface area contributed by atoms with Gasteiger partial charge in [-0.15, -0.1) is 0 Å². The summed E-state index contributed by atoms with van der Waals surface area (Å²) in [6.07, 6.45) is 8.60. The molecular formula is C28H39N3O. The summed E-state index contributed by atoms with van der Waals surface area (Å²) in [5, 5.41) is 8.95. The molecule has 1 saturated carbocycles. The molecule has 1 N–H and O–H groups in total. The van der Waals surface area contributed by atoms with Crippen molar-refractivity contribution in [2.45, 2.75) is 69.6 Å². The fraction of sp³-hybridized carbons (Fsp3) is 0.607. The highest BCUT2D eigenvalue weighted by atomic mass is 16.2. The summed E-state index contributed by atoms with van der Waals surface area (Å²) in [5.74, 6) is 1.11. The van der Waals surface area contributed by atoms with E-state index in [2.05, 4.69) is 60.0 Å². The van der Waals surface area contributed by atoms with Gasteiger partial charge in [0.05, 0.1) is 5.69 Å². The first kappa shape index (κ1) is 21.9. The van der Waals surface area contributed by atoms with Crippen molar-refractivity contribution in [1.29, 1.82) is 0 Å². The van der Waals surface area contributed by atoms with Crippen LogP contribution in [0.5, 0.6) is 0 Å². The van der Waals surface area contributed by atoms with Crippen LogP contribution in [0.15, 0.2) is 36.4 Å². The van der Waals surface area contributed by atoms with Gasteiger partial charge in [0.2, 0.25) is 0 Å². The molecule has 2 heterocycles. The molecule has 1 aliphatic heterocycles. The first-order valence-corrected chi connectivity index (χ1v) is 12.7. The molecule has 0 atom stereocenters. The van der Waals surface area contributed by atoms with E-state index >= 15 is 0 Å². The molecule has 0 bridgehead atoms. The third kappa shape index (κ3) is 4.32. The van der Waals surface area contributed by atoms with Gasteiger partial charge in [-0.05, 0) is 91.6 Å². The minimum absolute atomic E-state index is 0.286. The van der Waals surface area contributed by atoms with Gasteiger partial charge in [-0.25, -0.2) is 4.98 Å². The standard InChI is InChI=1S/C28H39N3O/c1-27(2)11-12-28(13-14-28)24-21-22(9-10-23(24)27)25-7-6-8-26(29-25)31-18-16-30(17-19-31)15-4-3-5-20-32/h6-10,21,32H,3-5,11-20H2,1-2H3. The number of hydrogen-bond acceptors (Lipinski definition) is 4. The fourth-order valence-corrected chi connectivity index (χ4v) is 5.81. The second kappa shape index (κ2) is 8.79. The predicted molar refractivity (Wildman–Crippen MR) is 132 cm³/mol. The monoisotopic (exact) mass is 433 g/mol. The molecular weight excluding hydrogens is 394 g/mol. The van der Waals surface area contributed by atoms with Gasteiger partial charge in [0.1, 0.15) is 5.82 Å². The zero-order valence-electron chi connectivity index (χ0n) is 19.9. The molecule has 0 radical (unpaired) electrons. The van der Waals surface area contributed by atoms with Crippen molar-refractivity contribution in [3.63, 3.8) is 0 Å². The van der Waals surface area contributed by atoms with Crippen molar-refractivity contribution < 1.29 is 5.11 Å². The number of aliphatic hydroxyl groups excluding tert-OH is 1. The Morgan fingerprint density at radius 1 is 0.875 bits per heavy atom. The van der Waals surface area contributed by atoms with Crippen LogP contribution in [0, 0.1) is 0 Å². The first-order valence-electron chi connectivity index (χ1n) is 12.7. The van der Waals surface area contributed by atoms with Crippen LogP contribution < -0.4 is 4.90 Å². The summed E-state index contributed by atoms with van der Waals surface area (Å²) in [7, 11) is 0. The fourth-order valence-electron chi connectivity index (χ4n) is 5.81. The van der Waals surface area contributed by atoms with Gasteiger partial charge in [0, 0.05) is 38.3 Å². The lowest BCUT2D eigenvalue weighted by Gasteiger charge is -2.38. The van der Waals surface area contributed by atoms with Gasteiger partial charge in [-0.3, -0.25) is 4.90 Å². The zero-order chi connectivity index (χ0) is 22.2. The van der Waals surface area contributed by atoms with Crippen molar-refractivity contribution in [3.05, 3.63) is 47.5 Å². The van der Waals surface area contributed by atoms with Crippen molar-refractivity contribution in [3.8, 4) is 11.3 Å². The number of aromatic nitrogens is 1. The van der Waals surface area contributed by atoms with Gasteiger partial charge < -0.3 is 10.0 Å². The predicted octanol–water partition coefficient (Wildman–Crippen LogP) is 5.14. The molecule has 32 heavy (non-hydrogen) atoms. The first-order chi connectivity index (χ1) is 15.5. The lowest BCUT2D eigenvalue weighted by molar-refractivity contribution is 0.242. The van der Waals surface area contributed by atoms with Gasteiger partial charge >= 0.3 is 0 Å². The Kier molecular flexibility index (Phi) is 6.02. The quantitative estimate of drug-likeness (QED) is 0.614. The second-order valence-corrected chi connectivity index (χ2v) is 10.9. The van der Waals surface area contributed by atoms with E-state index in [0.717, 1.165) is 57.1 Å². The lowest BCUT2D eigenvalue weighted by atomic mass is 9.67. The molecule has 2 aliphatic carbocycles. The number of aliphatic hydroxyl groups is 1. The molecule has 4 heteroatoms. The minimum Gasteiger partial charge on any atom is -0.396 e. The second-order valence-electron chi connectivity index (χ2n) is 10.9. The van der Waals surface area contributed by atoms with E-state index in [0.29, 0.717) is 12.0 Å².